The highest BCUT2D eigenvalue weighted by Gasteiger charge is 2.30. The molecule has 0 heterocycles. The van der Waals surface area contributed by atoms with Crippen LogP contribution >= 0.6 is 0 Å². The van der Waals surface area contributed by atoms with Crippen molar-refractivity contribution in [1.29, 1.82) is 0 Å². The van der Waals surface area contributed by atoms with Crippen molar-refractivity contribution in [2.45, 2.75) is 25.2 Å². The molecule has 0 amide bonds. The van der Waals surface area contributed by atoms with Crippen molar-refractivity contribution in [1.82, 2.24) is 0 Å². The highest BCUT2D eigenvalue weighted by Crippen LogP contribution is 2.35. The van der Waals surface area contributed by atoms with Crippen LogP contribution in [-0.2, 0) is 0 Å². The number of benzene rings is 1. The van der Waals surface area contributed by atoms with Crippen molar-refractivity contribution < 1.29 is 0 Å². The van der Waals surface area contributed by atoms with Crippen LogP contribution in [0.15, 0.2) is 24.3 Å². The first-order chi connectivity index (χ1) is 6.09. The Labute approximate surface area is 81.3 Å². The molecule has 0 aliphatic heterocycles. The predicted octanol–water partition coefficient (Wildman–Crippen LogP) is 3.48. The third-order valence-corrected chi connectivity index (χ3v) is 4.79. The van der Waals surface area contributed by atoms with E-state index in [-0.39, 0.29) is 0 Å². The Morgan fingerprint density at radius 1 is 1.15 bits per heavy atom. The summed E-state index contributed by atoms with van der Waals surface area (Å²) in [5.74, 6) is 0. The van der Waals surface area contributed by atoms with E-state index in [0.29, 0.717) is 5.54 Å². The molecular formula is C12H15Si. The van der Waals surface area contributed by atoms with Crippen LogP contribution in [0.1, 0.15) is 16.7 Å². The molecule has 0 nitrogen and oxygen atoms in total. The van der Waals surface area contributed by atoms with Crippen LogP contribution in [0.25, 0.3) is 6.08 Å². The highest BCUT2D eigenvalue weighted by molar-refractivity contribution is 6.78. The molecule has 1 atom stereocenters. The molecule has 0 fully saturated rings. The molecule has 1 aliphatic rings. The lowest BCUT2D eigenvalue weighted by Gasteiger charge is -2.24. The summed E-state index contributed by atoms with van der Waals surface area (Å²) in [7, 11) is -1.12. The van der Waals surface area contributed by atoms with E-state index in [2.05, 4.69) is 56.1 Å². The van der Waals surface area contributed by atoms with Crippen molar-refractivity contribution in [3.63, 3.8) is 0 Å². The summed E-state index contributed by atoms with van der Waals surface area (Å²) < 4.78 is 0. The number of hydrogen-bond acceptors (Lipinski definition) is 0. The van der Waals surface area contributed by atoms with Gasteiger partial charge in [0.2, 0.25) is 0 Å². The van der Waals surface area contributed by atoms with E-state index in [0.717, 1.165) is 0 Å². The lowest BCUT2D eigenvalue weighted by molar-refractivity contribution is 1.13. The summed E-state index contributed by atoms with van der Waals surface area (Å²) in [6.07, 6.45) is 5.65. The summed E-state index contributed by atoms with van der Waals surface area (Å²) in [6.45, 7) is 7.21. The average molecular weight is 187 g/mol. The second-order valence-corrected chi connectivity index (χ2v) is 10.0. The fourth-order valence-corrected chi connectivity index (χ4v) is 3.66. The monoisotopic (exact) mass is 187 g/mol. The molecule has 1 aromatic carbocycles. The molecule has 0 bridgehead atoms. The third kappa shape index (κ3) is 1.48. The van der Waals surface area contributed by atoms with Crippen LogP contribution in [0, 0.1) is 6.08 Å². The van der Waals surface area contributed by atoms with Crippen LogP contribution in [0.3, 0.4) is 0 Å². The molecule has 0 saturated carbocycles. The first kappa shape index (κ1) is 8.76. The van der Waals surface area contributed by atoms with Gasteiger partial charge in [0, 0.05) is 5.54 Å². The summed E-state index contributed by atoms with van der Waals surface area (Å²) >= 11 is 0. The Bertz CT molecular complexity index is 344. The van der Waals surface area contributed by atoms with Crippen LogP contribution in [0.4, 0.5) is 0 Å². The minimum Gasteiger partial charge on any atom is -0.0688 e. The van der Waals surface area contributed by atoms with Gasteiger partial charge in [0.05, 0.1) is 8.07 Å². The van der Waals surface area contributed by atoms with Crippen LogP contribution in [0.5, 0.6) is 0 Å². The van der Waals surface area contributed by atoms with Crippen LogP contribution in [-0.4, -0.2) is 8.07 Å². The fourth-order valence-electron chi connectivity index (χ4n) is 1.88. The Morgan fingerprint density at radius 2 is 1.85 bits per heavy atom. The van der Waals surface area contributed by atoms with E-state index in [1.807, 2.05) is 0 Å². The second kappa shape index (κ2) is 2.84. The molecule has 0 N–H and O–H groups in total. The van der Waals surface area contributed by atoms with E-state index in [9.17, 15) is 0 Å². The summed E-state index contributed by atoms with van der Waals surface area (Å²) in [4.78, 5) is 0. The highest BCUT2D eigenvalue weighted by atomic mass is 28.3. The standard InChI is InChI=1S/C12H15Si/c1-13(2,3)12-9-8-10-6-4-5-7-11(10)12/h4-8,12H,1-3H3. The zero-order chi connectivity index (χ0) is 9.47. The zero-order valence-electron chi connectivity index (χ0n) is 8.46. The zero-order valence-corrected chi connectivity index (χ0v) is 9.46. The minimum atomic E-state index is -1.12. The molecule has 0 spiro atoms. The van der Waals surface area contributed by atoms with Gasteiger partial charge in [-0.05, 0) is 17.2 Å². The molecule has 1 unspecified atom stereocenters. The molecule has 1 aromatic rings. The van der Waals surface area contributed by atoms with Gasteiger partial charge in [-0.15, -0.1) is 0 Å². The molecule has 1 aliphatic carbocycles. The van der Waals surface area contributed by atoms with Gasteiger partial charge in [0.15, 0.2) is 0 Å². The Morgan fingerprint density at radius 3 is 2.54 bits per heavy atom. The molecule has 13 heavy (non-hydrogen) atoms. The molecule has 67 valence electrons. The SMILES string of the molecule is C[Si](C)(C)C1[C]=Cc2ccccc21. The van der Waals surface area contributed by atoms with E-state index < -0.39 is 8.07 Å². The van der Waals surface area contributed by atoms with Crippen LogP contribution < -0.4 is 0 Å². The lowest BCUT2D eigenvalue weighted by atomic mass is 10.1. The van der Waals surface area contributed by atoms with Crippen molar-refractivity contribution >= 4 is 14.1 Å². The molecule has 0 aromatic heterocycles. The smallest absolute Gasteiger partial charge is 0.0574 e. The van der Waals surface area contributed by atoms with Crippen molar-refractivity contribution in [3.8, 4) is 0 Å². The van der Waals surface area contributed by atoms with Gasteiger partial charge in [-0.2, -0.15) is 0 Å². The topological polar surface area (TPSA) is 0 Å². The maximum atomic E-state index is 3.50. The van der Waals surface area contributed by atoms with Crippen molar-refractivity contribution in [2.75, 3.05) is 0 Å². The van der Waals surface area contributed by atoms with Gasteiger partial charge in [-0.3, -0.25) is 0 Å². The van der Waals surface area contributed by atoms with E-state index in [4.69, 9.17) is 0 Å². The molecule has 2 rings (SSSR count). The minimum absolute atomic E-state index is 0.601. The van der Waals surface area contributed by atoms with Gasteiger partial charge < -0.3 is 0 Å². The van der Waals surface area contributed by atoms with Gasteiger partial charge in [0.25, 0.3) is 0 Å². The molecule has 1 radical (unpaired) electrons. The van der Waals surface area contributed by atoms with E-state index in [1.165, 1.54) is 11.1 Å². The van der Waals surface area contributed by atoms with Crippen molar-refractivity contribution in [2.24, 2.45) is 0 Å². The number of allylic oxidation sites excluding steroid dienone is 1. The Hall–Kier alpha value is -0.823. The first-order valence-electron chi connectivity index (χ1n) is 4.77. The number of rotatable bonds is 1. The Kier molecular flexibility index (Phi) is 1.92. The van der Waals surface area contributed by atoms with Gasteiger partial charge in [0.1, 0.15) is 0 Å². The largest absolute Gasteiger partial charge is 0.0688 e. The second-order valence-electron chi connectivity index (χ2n) is 4.74. The predicted molar refractivity (Wildman–Crippen MR) is 60.2 cm³/mol. The van der Waals surface area contributed by atoms with Gasteiger partial charge in [-0.25, -0.2) is 0 Å². The maximum Gasteiger partial charge on any atom is 0.0574 e. The normalized spacial score (nSPS) is 20.4. The third-order valence-electron chi connectivity index (χ3n) is 2.58. The van der Waals surface area contributed by atoms with Gasteiger partial charge >= 0.3 is 0 Å². The number of fused-ring (bicyclic) bond motifs is 1. The van der Waals surface area contributed by atoms with Gasteiger partial charge in [-0.1, -0.05) is 50.0 Å². The van der Waals surface area contributed by atoms with E-state index in [1.54, 1.807) is 0 Å². The van der Waals surface area contributed by atoms with Crippen molar-refractivity contribution in [3.05, 3.63) is 41.5 Å². The van der Waals surface area contributed by atoms with Crippen LogP contribution in [0.2, 0.25) is 19.6 Å². The molecular weight excluding hydrogens is 172 g/mol. The molecule has 1 heteroatoms. The summed E-state index contributed by atoms with van der Waals surface area (Å²) in [5.41, 5.74) is 3.46. The maximum absolute atomic E-state index is 3.50. The van der Waals surface area contributed by atoms with E-state index >= 15 is 0 Å². The molecule has 0 saturated heterocycles. The average Bonchev–Trinajstić information content (AvgIpc) is 2.45. The number of hydrogen-bond donors (Lipinski definition) is 0. The summed E-state index contributed by atoms with van der Waals surface area (Å²) in [6, 6.07) is 8.66. The lowest BCUT2D eigenvalue weighted by Crippen LogP contribution is -2.28. The fraction of sp³-hybridized carbons (Fsp3) is 0.333. The summed E-state index contributed by atoms with van der Waals surface area (Å²) in [5, 5.41) is 0. The first-order valence-corrected chi connectivity index (χ1v) is 8.35. The quantitative estimate of drug-likeness (QED) is 0.590. The Balaban J connectivity index is 2.45.